The van der Waals surface area contributed by atoms with Gasteiger partial charge in [-0.05, 0) is 30.3 Å². The van der Waals surface area contributed by atoms with Crippen LogP contribution in [0.1, 0.15) is 10.4 Å². The molecule has 0 aliphatic heterocycles. The predicted molar refractivity (Wildman–Crippen MR) is 89.2 cm³/mol. The normalized spacial score (nSPS) is 9.83. The lowest BCUT2D eigenvalue weighted by molar-refractivity contribution is -0.133. The minimum absolute atomic E-state index is 0.165. The average Bonchev–Trinajstić information content (AvgIpc) is 2.54. The maximum atomic E-state index is 12.0. The van der Waals surface area contributed by atoms with Gasteiger partial charge in [-0.25, -0.2) is 4.79 Å². The summed E-state index contributed by atoms with van der Waals surface area (Å²) in [6, 6.07) is 13.1. The van der Waals surface area contributed by atoms with Crippen molar-refractivity contribution in [3.63, 3.8) is 0 Å². The number of anilines is 2. The number of nitrogens with one attached hydrogen (secondary N) is 2. The van der Waals surface area contributed by atoms with E-state index in [1.807, 2.05) is 0 Å². The molecule has 0 aliphatic carbocycles. The molecule has 6 nitrogen and oxygen atoms in total. The van der Waals surface area contributed by atoms with Crippen LogP contribution in [0.25, 0.3) is 0 Å². The van der Waals surface area contributed by atoms with Gasteiger partial charge in [0.15, 0.2) is 0 Å². The van der Waals surface area contributed by atoms with Gasteiger partial charge in [0.05, 0.1) is 18.4 Å². The molecule has 0 heterocycles. The Labute approximate surface area is 141 Å². The second-order valence-electron chi connectivity index (χ2n) is 4.46. The van der Waals surface area contributed by atoms with E-state index >= 15 is 0 Å². The number of halogens is 1. The van der Waals surface area contributed by atoms with E-state index in [0.717, 1.165) is 4.47 Å². The van der Waals surface area contributed by atoms with Gasteiger partial charge < -0.3 is 15.4 Å². The average molecular weight is 377 g/mol. The van der Waals surface area contributed by atoms with Crippen LogP contribution in [0.5, 0.6) is 0 Å². The molecule has 0 saturated carbocycles. The van der Waals surface area contributed by atoms with Crippen molar-refractivity contribution >= 4 is 45.1 Å². The Hall–Kier alpha value is -2.67. The molecular weight excluding hydrogens is 364 g/mol. The van der Waals surface area contributed by atoms with Gasteiger partial charge in [-0.1, -0.05) is 34.1 Å². The Morgan fingerprint density at radius 2 is 1.65 bits per heavy atom. The Kier molecular flexibility index (Phi) is 5.48. The molecule has 0 unspecified atom stereocenters. The van der Waals surface area contributed by atoms with Gasteiger partial charge in [0.25, 0.3) is 0 Å². The van der Waals surface area contributed by atoms with Crippen LogP contribution in [0.15, 0.2) is 53.0 Å². The van der Waals surface area contributed by atoms with Gasteiger partial charge >= 0.3 is 17.8 Å². The number of carbonyl (C=O) groups is 3. The van der Waals surface area contributed by atoms with E-state index in [1.54, 1.807) is 36.4 Å². The van der Waals surface area contributed by atoms with Crippen molar-refractivity contribution < 1.29 is 19.1 Å². The van der Waals surface area contributed by atoms with E-state index < -0.39 is 17.8 Å². The molecule has 0 radical (unpaired) electrons. The number of amides is 2. The highest BCUT2D eigenvalue weighted by molar-refractivity contribution is 9.10. The highest BCUT2D eigenvalue weighted by Gasteiger charge is 2.18. The topological polar surface area (TPSA) is 84.5 Å². The number of hydrogen-bond acceptors (Lipinski definition) is 4. The van der Waals surface area contributed by atoms with Gasteiger partial charge in [-0.15, -0.1) is 0 Å². The lowest BCUT2D eigenvalue weighted by atomic mass is 10.2. The zero-order valence-corrected chi connectivity index (χ0v) is 13.7. The second kappa shape index (κ2) is 7.55. The van der Waals surface area contributed by atoms with Crippen molar-refractivity contribution in [2.75, 3.05) is 17.7 Å². The van der Waals surface area contributed by atoms with Crippen molar-refractivity contribution in [1.82, 2.24) is 0 Å². The molecule has 0 atom stereocenters. The number of para-hydroxylation sites is 1. The summed E-state index contributed by atoms with van der Waals surface area (Å²) in [7, 11) is 1.24. The lowest BCUT2D eigenvalue weighted by Gasteiger charge is -2.10. The molecule has 23 heavy (non-hydrogen) atoms. The minimum atomic E-state index is -0.888. The van der Waals surface area contributed by atoms with Crippen molar-refractivity contribution in [1.29, 1.82) is 0 Å². The highest BCUT2D eigenvalue weighted by Crippen LogP contribution is 2.17. The zero-order valence-electron chi connectivity index (χ0n) is 12.1. The number of hydrogen-bond donors (Lipinski definition) is 2. The van der Waals surface area contributed by atoms with E-state index in [0.29, 0.717) is 5.69 Å². The van der Waals surface area contributed by atoms with Gasteiger partial charge in [-0.3, -0.25) is 9.59 Å². The molecule has 0 fully saturated rings. The SMILES string of the molecule is COC(=O)c1ccccc1NC(=O)C(=O)Nc1cccc(Br)c1. The first kappa shape index (κ1) is 16.7. The van der Waals surface area contributed by atoms with Crippen molar-refractivity contribution in [2.24, 2.45) is 0 Å². The van der Waals surface area contributed by atoms with Crippen molar-refractivity contribution in [3.8, 4) is 0 Å². The summed E-state index contributed by atoms with van der Waals surface area (Å²) in [6.07, 6.45) is 0. The fraction of sp³-hybridized carbons (Fsp3) is 0.0625. The third kappa shape index (κ3) is 4.40. The van der Waals surface area contributed by atoms with E-state index in [1.165, 1.54) is 19.2 Å². The van der Waals surface area contributed by atoms with Gasteiger partial charge in [0.1, 0.15) is 0 Å². The van der Waals surface area contributed by atoms with Crippen LogP contribution in [0, 0.1) is 0 Å². The number of ether oxygens (including phenoxy) is 1. The lowest BCUT2D eigenvalue weighted by Crippen LogP contribution is -2.29. The molecule has 2 N–H and O–H groups in total. The van der Waals surface area contributed by atoms with Crippen molar-refractivity contribution in [2.45, 2.75) is 0 Å². The standard InChI is InChI=1S/C16H13BrN2O4/c1-23-16(22)12-7-2-3-8-13(12)19-15(21)14(20)18-11-6-4-5-10(17)9-11/h2-9H,1H3,(H,18,20)(H,19,21). The number of benzene rings is 2. The highest BCUT2D eigenvalue weighted by atomic mass is 79.9. The van der Waals surface area contributed by atoms with Crippen LogP contribution in [0.4, 0.5) is 11.4 Å². The Morgan fingerprint density at radius 3 is 2.35 bits per heavy atom. The van der Waals surface area contributed by atoms with E-state index in [-0.39, 0.29) is 11.3 Å². The fourth-order valence-corrected chi connectivity index (χ4v) is 2.21. The minimum Gasteiger partial charge on any atom is -0.465 e. The first-order valence-electron chi connectivity index (χ1n) is 6.56. The molecule has 0 aliphatic rings. The van der Waals surface area contributed by atoms with Crippen LogP contribution < -0.4 is 10.6 Å². The van der Waals surface area contributed by atoms with Crippen molar-refractivity contribution in [3.05, 3.63) is 58.6 Å². The molecule has 0 saturated heterocycles. The van der Waals surface area contributed by atoms with Crippen LogP contribution in [-0.4, -0.2) is 24.9 Å². The molecule has 2 amide bonds. The Bertz CT molecular complexity index is 761. The molecule has 2 rings (SSSR count). The first-order valence-corrected chi connectivity index (χ1v) is 7.36. The number of carbonyl (C=O) groups excluding carboxylic acids is 3. The zero-order chi connectivity index (χ0) is 16.8. The number of methoxy groups -OCH3 is 1. The third-order valence-corrected chi connectivity index (χ3v) is 3.36. The van der Waals surface area contributed by atoms with Crippen LogP contribution in [0.3, 0.4) is 0 Å². The van der Waals surface area contributed by atoms with Gasteiger partial charge in [0, 0.05) is 10.2 Å². The molecule has 0 bridgehead atoms. The summed E-state index contributed by atoms with van der Waals surface area (Å²) in [5.41, 5.74) is 0.841. The van der Waals surface area contributed by atoms with E-state index in [9.17, 15) is 14.4 Å². The summed E-state index contributed by atoms with van der Waals surface area (Å²) in [5.74, 6) is -2.34. The molecule has 0 aromatic heterocycles. The molecule has 118 valence electrons. The monoisotopic (exact) mass is 376 g/mol. The van der Waals surface area contributed by atoms with Crippen LogP contribution >= 0.6 is 15.9 Å². The molecule has 2 aromatic carbocycles. The Balaban J connectivity index is 2.10. The molecule has 2 aromatic rings. The molecular formula is C16H13BrN2O4. The summed E-state index contributed by atoms with van der Waals surface area (Å²) >= 11 is 3.27. The largest absolute Gasteiger partial charge is 0.465 e. The molecule has 0 spiro atoms. The summed E-state index contributed by atoms with van der Waals surface area (Å²) in [4.78, 5) is 35.5. The predicted octanol–water partition coefficient (Wildman–Crippen LogP) is 2.81. The summed E-state index contributed by atoms with van der Waals surface area (Å²) < 4.78 is 5.40. The van der Waals surface area contributed by atoms with Crippen LogP contribution in [0.2, 0.25) is 0 Å². The van der Waals surface area contributed by atoms with E-state index in [2.05, 4.69) is 31.3 Å². The van der Waals surface area contributed by atoms with E-state index in [4.69, 9.17) is 0 Å². The quantitative estimate of drug-likeness (QED) is 0.637. The fourth-order valence-electron chi connectivity index (χ4n) is 1.81. The number of esters is 1. The van der Waals surface area contributed by atoms with Gasteiger partial charge in [0.2, 0.25) is 0 Å². The second-order valence-corrected chi connectivity index (χ2v) is 5.37. The van der Waals surface area contributed by atoms with Crippen LogP contribution in [-0.2, 0) is 14.3 Å². The maximum Gasteiger partial charge on any atom is 0.339 e. The Morgan fingerprint density at radius 1 is 0.957 bits per heavy atom. The smallest absolute Gasteiger partial charge is 0.339 e. The maximum absolute atomic E-state index is 12.0. The first-order chi connectivity index (χ1) is 11.0. The third-order valence-electron chi connectivity index (χ3n) is 2.87. The molecule has 7 heteroatoms. The van der Waals surface area contributed by atoms with Gasteiger partial charge in [-0.2, -0.15) is 0 Å². The number of rotatable bonds is 3. The summed E-state index contributed by atoms with van der Waals surface area (Å²) in [5, 5.41) is 4.87. The summed E-state index contributed by atoms with van der Waals surface area (Å²) in [6.45, 7) is 0.